The van der Waals surface area contributed by atoms with Gasteiger partial charge in [0.05, 0.1) is 7.11 Å². The minimum absolute atomic E-state index is 0.0652. The number of hydrogen-bond donors (Lipinski definition) is 1. The van der Waals surface area contributed by atoms with Crippen molar-refractivity contribution in [3.63, 3.8) is 0 Å². The van der Waals surface area contributed by atoms with Crippen LogP contribution in [0.4, 0.5) is 4.79 Å². The summed E-state index contributed by atoms with van der Waals surface area (Å²) in [4.78, 5) is 14.2. The fourth-order valence-electron chi connectivity index (χ4n) is 2.23. The molecule has 22 heavy (non-hydrogen) atoms. The third-order valence-corrected chi connectivity index (χ3v) is 3.70. The number of carbonyl (C=O) groups is 1. The molecule has 1 aromatic carbocycles. The van der Waals surface area contributed by atoms with E-state index in [4.69, 9.17) is 4.74 Å². The largest absolute Gasteiger partial charge is 0.497 e. The molecular weight excluding hydrogens is 276 g/mol. The Morgan fingerprint density at radius 3 is 2.18 bits per heavy atom. The minimum Gasteiger partial charge on any atom is -0.497 e. The van der Waals surface area contributed by atoms with E-state index in [0.717, 1.165) is 50.9 Å². The smallest absolute Gasteiger partial charge is 0.317 e. The molecule has 0 radical (unpaired) electrons. The van der Waals surface area contributed by atoms with Gasteiger partial charge in [0.15, 0.2) is 0 Å². The topological polar surface area (TPSA) is 41.6 Å². The van der Waals surface area contributed by atoms with E-state index in [9.17, 15) is 4.79 Å². The number of urea groups is 1. The van der Waals surface area contributed by atoms with Gasteiger partial charge >= 0.3 is 6.03 Å². The first-order valence-corrected chi connectivity index (χ1v) is 8.37. The van der Waals surface area contributed by atoms with Crippen molar-refractivity contribution in [2.45, 2.75) is 46.0 Å². The van der Waals surface area contributed by atoms with Crippen molar-refractivity contribution < 1.29 is 9.53 Å². The molecule has 2 amide bonds. The predicted molar refractivity (Wildman–Crippen MR) is 91.5 cm³/mol. The molecule has 0 saturated carbocycles. The zero-order valence-corrected chi connectivity index (χ0v) is 14.2. The second-order valence-corrected chi connectivity index (χ2v) is 5.52. The third kappa shape index (κ3) is 6.83. The van der Waals surface area contributed by atoms with Crippen molar-refractivity contribution in [2.75, 3.05) is 26.7 Å². The molecule has 0 saturated heterocycles. The lowest BCUT2D eigenvalue weighted by Crippen LogP contribution is -2.41. The van der Waals surface area contributed by atoms with E-state index in [1.165, 1.54) is 5.56 Å². The van der Waals surface area contributed by atoms with E-state index in [0.29, 0.717) is 6.54 Å². The highest BCUT2D eigenvalue weighted by Crippen LogP contribution is 2.11. The number of rotatable bonds is 10. The second kappa shape index (κ2) is 10.9. The molecule has 0 aromatic heterocycles. The molecule has 0 aliphatic rings. The maximum Gasteiger partial charge on any atom is 0.317 e. The van der Waals surface area contributed by atoms with Crippen LogP contribution in [0.1, 0.15) is 45.1 Å². The van der Waals surface area contributed by atoms with Crippen LogP contribution in [0.15, 0.2) is 24.3 Å². The first kappa shape index (κ1) is 18.3. The van der Waals surface area contributed by atoms with Crippen LogP contribution in [0, 0.1) is 0 Å². The molecule has 0 aliphatic carbocycles. The SMILES string of the molecule is CCCCN(CCCC)C(=O)NCCc1ccc(OC)cc1. The molecule has 124 valence electrons. The maximum atomic E-state index is 12.2. The lowest BCUT2D eigenvalue weighted by molar-refractivity contribution is 0.196. The average molecular weight is 306 g/mol. The van der Waals surface area contributed by atoms with Gasteiger partial charge in [-0.15, -0.1) is 0 Å². The Hall–Kier alpha value is -1.71. The number of nitrogens with one attached hydrogen (secondary N) is 1. The molecule has 1 aromatic rings. The van der Waals surface area contributed by atoms with E-state index in [1.54, 1.807) is 7.11 Å². The van der Waals surface area contributed by atoms with E-state index in [-0.39, 0.29) is 6.03 Å². The highest BCUT2D eigenvalue weighted by Gasteiger charge is 2.11. The van der Waals surface area contributed by atoms with Crippen molar-refractivity contribution in [2.24, 2.45) is 0 Å². The maximum absolute atomic E-state index is 12.2. The van der Waals surface area contributed by atoms with Gasteiger partial charge in [0.25, 0.3) is 0 Å². The molecular formula is C18H30N2O2. The van der Waals surface area contributed by atoms with Gasteiger partial charge in [-0.25, -0.2) is 4.79 Å². The van der Waals surface area contributed by atoms with Crippen molar-refractivity contribution in [3.05, 3.63) is 29.8 Å². The van der Waals surface area contributed by atoms with Gasteiger partial charge in [-0.3, -0.25) is 0 Å². The third-order valence-electron chi connectivity index (χ3n) is 3.70. The molecule has 4 heteroatoms. The molecule has 0 unspecified atom stereocenters. The van der Waals surface area contributed by atoms with Crippen LogP contribution >= 0.6 is 0 Å². The van der Waals surface area contributed by atoms with Gasteiger partial charge in [0.1, 0.15) is 5.75 Å². The number of methoxy groups -OCH3 is 1. The standard InChI is InChI=1S/C18H30N2O2/c1-4-6-14-20(15-7-5-2)18(21)19-13-12-16-8-10-17(22-3)11-9-16/h8-11H,4-7,12-15H2,1-3H3,(H,19,21). The first-order valence-electron chi connectivity index (χ1n) is 8.37. The van der Waals surface area contributed by atoms with Gasteiger partial charge in [0.2, 0.25) is 0 Å². The Balaban J connectivity index is 2.37. The van der Waals surface area contributed by atoms with Gasteiger partial charge in [-0.1, -0.05) is 38.8 Å². The number of ether oxygens (including phenoxy) is 1. The number of amides is 2. The van der Waals surface area contributed by atoms with E-state index >= 15 is 0 Å². The zero-order chi connectivity index (χ0) is 16.2. The van der Waals surface area contributed by atoms with Crippen LogP contribution in [0.5, 0.6) is 5.75 Å². The lowest BCUT2D eigenvalue weighted by Gasteiger charge is -2.22. The number of carbonyl (C=O) groups excluding carboxylic acids is 1. The Bertz CT molecular complexity index is 410. The Morgan fingerprint density at radius 1 is 1.09 bits per heavy atom. The molecule has 0 fully saturated rings. The van der Waals surface area contributed by atoms with E-state index < -0.39 is 0 Å². The molecule has 0 bridgehead atoms. The molecule has 4 nitrogen and oxygen atoms in total. The van der Waals surface area contributed by atoms with Crippen molar-refractivity contribution >= 4 is 6.03 Å². The number of nitrogens with zero attached hydrogens (tertiary/aromatic N) is 1. The lowest BCUT2D eigenvalue weighted by atomic mass is 10.1. The average Bonchev–Trinajstić information content (AvgIpc) is 2.55. The van der Waals surface area contributed by atoms with E-state index in [1.807, 2.05) is 29.2 Å². The number of benzene rings is 1. The van der Waals surface area contributed by atoms with Crippen LogP contribution in [0.25, 0.3) is 0 Å². The number of hydrogen-bond acceptors (Lipinski definition) is 2. The Morgan fingerprint density at radius 2 is 1.68 bits per heavy atom. The van der Waals surface area contributed by atoms with Gasteiger partial charge < -0.3 is 15.0 Å². The van der Waals surface area contributed by atoms with Gasteiger partial charge in [-0.05, 0) is 37.0 Å². The molecule has 0 atom stereocenters. The van der Waals surface area contributed by atoms with Crippen molar-refractivity contribution in [3.8, 4) is 5.75 Å². The predicted octanol–water partition coefficient (Wildman–Crippen LogP) is 3.85. The van der Waals surface area contributed by atoms with Crippen LogP contribution in [-0.2, 0) is 6.42 Å². The molecule has 1 rings (SSSR count). The summed E-state index contributed by atoms with van der Waals surface area (Å²) in [6.07, 6.45) is 5.19. The van der Waals surface area contributed by atoms with Gasteiger partial charge in [0, 0.05) is 19.6 Å². The molecule has 0 aliphatic heterocycles. The minimum atomic E-state index is 0.0652. The zero-order valence-electron chi connectivity index (χ0n) is 14.2. The summed E-state index contributed by atoms with van der Waals surface area (Å²) in [5.74, 6) is 0.859. The van der Waals surface area contributed by atoms with Crippen LogP contribution in [0.2, 0.25) is 0 Å². The highest BCUT2D eigenvalue weighted by atomic mass is 16.5. The quantitative estimate of drug-likeness (QED) is 0.713. The Kier molecular flexibility index (Phi) is 9.12. The monoisotopic (exact) mass is 306 g/mol. The van der Waals surface area contributed by atoms with E-state index in [2.05, 4.69) is 19.2 Å². The van der Waals surface area contributed by atoms with Crippen molar-refractivity contribution in [1.82, 2.24) is 10.2 Å². The summed E-state index contributed by atoms with van der Waals surface area (Å²) in [6, 6.07) is 8.04. The highest BCUT2D eigenvalue weighted by molar-refractivity contribution is 5.74. The molecule has 1 N–H and O–H groups in total. The van der Waals surface area contributed by atoms with Crippen LogP contribution in [0.3, 0.4) is 0 Å². The van der Waals surface area contributed by atoms with Gasteiger partial charge in [-0.2, -0.15) is 0 Å². The summed E-state index contributed by atoms with van der Waals surface area (Å²) in [5, 5.41) is 3.03. The second-order valence-electron chi connectivity index (χ2n) is 5.52. The molecule has 0 spiro atoms. The number of unbranched alkanes of at least 4 members (excludes halogenated alkanes) is 2. The molecule has 0 heterocycles. The summed E-state index contributed by atoms with van der Waals surface area (Å²) in [7, 11) is 1.66. The summed E-state index contributed by atoms with van der Waals surface area (Å²) >= 11 is 0. The normalized spacial score (nSPS) is 10.3. The Labute approximate surface area is 134 Å². The fraction of sp³-hybridized carbons (Fsp3) is 0.611. The summed E-state index contributed by atoms with van der Waals surface area (Å²) in [5.41, 5.74) is 1.20. The van der Waals surface area contributed by atoms with Crippen LogP contribution in [-0.4, -0.2) is 37.7 Å². The first-order chi connectivity index (χ1) is 10.7. The van der Waals surface area contributed by atoms with Crippen molar-refractivity contribution in [1.29, 1.82) is 0 Å². The summed E-state index contributed by atoms with van der Waals surface area (Å²) < 4.78 is 5.14. The fourth-order valence-corrected chi connectivity index (χ4v) is 2.23. The summed E-state index contributed by atoms with van der Waals surface area (Å²) in [6.45, 7) is 6.68. The van der Waals surface area contributed by atoms with Crippen LogP contribution < -0.4 is 10.1 Å².